The van der Waals surface area contributed by atoms with Gasteiger partial charge in [-0.15, -0.1) is 0 Å². The molecule has 160 valence electrons. The molecule has 1 aliphatic rings. The second-order valence-corrected chi connectivity index (χ2v) is 7.84. The Labute approximate surface area is 176 Å². The van der Waals surface area contributed by atoms with Gasteiger partial charge in [-0.1, -0.05) is 12.1 Å². The first kappa shape index (κ1) is 20.6. The molecule has 1 atom stereocenters. The number of imidazole rings is 1. The molecular formula is C22H29FN6O. The van der Waals surface area contributed by atoms with Crippen LogP contribution in [0.5, 0.6) is 0 Å². The van der Waals surface area contributed by atoms with Crippen molar-refractivity contribution in [3.05, 3.63) is 65.3 Å². The number of rotatable bonds is 6. The normalized spacial score (nSPS) is 16.2. The quantitative estimate of drug-likeness (QED) is 0.674. The Kier molecular flexibility index (Phi) is 5.87. The number of hydrogen-bond acceptors (Lipinski definition) is 5. The van der Waals surface area contributed by atoms with E-state index in [0.717, 1.165) is 31.9 Å². The molecule has 7 nitrogen and oxygen atoms in total. The SMILES string of the molecule is CCn1cc(CN2CCN(c3c(F)cccc3[C@H](O)c3nccn3C)CC2)c(C)n1. The van der Waals surface area contributed by atoms with E-state index in [1.54, 1.807) is 29.1 Å². The summed E-state index contributed by atoms with van der Waals surface area (Å²) in [5.41, 5.74) is 3.33. The molecule has 2 aromatic heterocycles. The van der Waals surface area contributed by atoms with Gasteiger partial charge >= 0.3 is 0 Å². The third-order valence-corrected chi connectivity index (χ3v) is 5.87. The molecule has 30 heavy (non-hydrogen) atoms. The molecule has 0 aliphatic carbocycles. The number of benzene rings is 1. The van der Waals surface area contributed by atoms with Crippen LogP contribution in [0.2, 0.25) is 0 Å². The minimum atomic E-state index is -0.976. The summed E-state index contributed by atoms with van der Waals surface area (Å²) >= 11 is 0. The topological polar surface area (TPSA) is 62.4 Å². The fourth-order valence-corrected chi connectivity index (χ4v) is 4.11. The Morgan fingerprint density at radius 3 is 2.60 bits per heavy atom. The molecule has 0 radical (unpaired) electrons. The third-order valence-electron chi connectivity index (χ3n) is 5.87. The van der Waals surface area contributed by atoms with Crippen LogP contribution in [-0.2, 0) is 20.1 Å². The summed E-state index contributed by atoms with van der Waals surface area (Å²) in [7, 11) is 1.83. The van der Waals surface area contributed by atoms with Crippen molar-refractivity contribution >= 4 is 5.69 Å². The lowest BCUT2D eigenvalue weighted by atomic mass is 10.0. The molecule has 0 unspecified atom stereocenters. The van der Waals surface area contributed by atoms with Crippen molar-refractivity contribution in [3.8, 4) is 0 Å². The standard InChI is InChI=1S/C22H29FN6O/c1-4-29-15-17(16(2)25-29)14-27-10-12-28(13-11-27)20-18(6-5-7-19(20)23)21(30)22-24-8-9-26(22)3/h5-9,15,21,30H,4,10-14H2,1-3H3/t21-/m0/s1. The lowest BCUT2D eigenvalue weighted by molar-refractivity contribution is 0.205. The number of anilines is 1. The number of piperazine rings is 1. The van der Waals surface area contributed by atoms with Gasteiger partial charge in [-0.05, 0) is 19.9 Å². The Morgan fingerprint density at radius 1 is 1.20 bits per heavy atom. The molecule has 3 aromatic rings. The summed E-state index contributed by atoms with van der Waals surface area (Å²) in [5, 5.41) is 15.4. The van der Waals surface area contributed by atoms with Gasteiger partial charge in [0, 0.05) is 76.0 Å². The number of aryl methyl sites for hydroxylation is 3. The maximum absolute atomic E-state index is 14.9. The molecule has 0 bridgehead atoms. The van der Waals surface area contributed by atoms with Crippen LogP contribution in [0.1, 0.15) is 35.7 Å². The number of aliphatic hydroxyl groups is 1. The fourth-order valence-electron chi connectivity index (χ4n) is 4.11. The molecule has 1 aliphatic heterocycles. The monoisotopic (exact) mass is 412 g/mol. The van der Waals surface area contributed by atoms with Gasteiger partial charge in [-0.3, -0.25) is 9.58 Å². The molecule has 3 heterocycles. The maximum atomic E-state index is 14.9. The summed E-state index contributed by atoms with van der Waals surface area (Å²) in [6, 6.07) is 4.89. The van der Waals surface area contributed by atoms with Crippen molar-refractivity contribution in [2.45, 2.75) is 33.0 Å². The van der Waals surface area contributed by atoms with Crippen LogP contribution in [0.4, 0.5) is 10.1 Å². The van der Waals surface area contributed by atoms with E-state index in [-0.39, 0.29) is 5.82 Å². The fraction of sp³-hybridized carbons (Fsp3) is 0.455. The van der Waals surface area contributed by atoms with E-state index in [1.807, 2.05) is 23.6 Å². The molecule has 0 saturated carbocycles. The first-order chi connectivity index (χ1) is 14.5. The maximum Gasteiger partial charge on any atom is 0.146 e. The highest BCUT2D eigenvalue weighted by Gasteiger charge is 2.27. The summed E-state index contributed by atoms with van der Waals surface area (Å²) < 4.78 is 18.6. The zero-order chi connectivity index (χ0) is 21.3. The van der Waals surface area contributed by atoms with Crippen molar-refractivity contribution < 1.29 is 9.50 Å². The zero-order valence-electron chi connectivity index (χ0n) is 17.8. The van der Waals surface area contributed by atoms with Crippen molar-refractivity contribution in [1.82, 2.24) is 24.2 Å². The summed E-state index contributed by atoms with van der Waals surface area (Å²) in [5.74, 6) is 0.193. The van der Waals surface area contributed by atoms with Gasteiger partial charge in [-0.2, -0.15) is 5.10 Å². The first-order valence-corrected chi connectivity index (χ1v) is 10.4. The van der Waals surface area contributed by atoms with Gasteiger partial charge in [-0.25, -0.2) is 9.37 Å². The van der Waals surface area contributed by atoms with Crippen LogP contribution in [-0.4, -0.2) is 55.5 Å². The number of aliphatic hydroxyl groups excluding tert-OH is 1. The summed E-state index contributed by atoms with van der Waals surface area (Å²) in [6.45, 7) is 8.88. The smallest absolute Gasteiger partial charge is 0.146 e. The van der Waals surface area contributed by atoms with E-state index in [1.165, 1.54) is 11.6 Å². The largest absolute Gasteiger partial charge is 0.380 e. The molecule has 4 rings (SSSR count). The number of nitrogens with zero attached hydrogens (tertiary/aromatic N) is 6. The molecular weight excluding hydrogens is 383 g/mol. The van der Waals surface area contributed by atoms with E-state index in [0.29, 0.717) is 30.2 Å². The number of hydrogen-bond donors (Lipinski definition) is 1. The number of para-hydroxylation sites is 1. The van der Waals surface area contributed by atoms with Crippen molar-refractivity contribution in [2.75, 3.05) is 31.1 Å². The van der Waals surface area contributed by atoms with E-state index < -0.39 is 6.10 Å². The highest BCUT2D eigenvalue weighted by Crippen LogP contribution is 2.33. The van der Waals surface area contributed by atoms with Crippen molar-refractivity contribution in [1.29, 1.82) is 0 Å². The molecule has 1 N–H and O–H groups in total. The van der Waals surface area contributed by atoms with Gasteiger partial charge < -0.3 is 14.6 Å². The van der Waals surface area contributed by atoms with Crippen LogP contribution in [0.3, 0.4) is 0 Å². The molecule has 0 spiro atoms. The van der Waals surface area contributed by atoms with Gasteiger partial charge in [0.25, 0.3) is 0 Å². The van der Waals surface area contributed by atoms with E-state index >= 15 is 0 Å². The average Bonchev–Trinajstić information content (AvgIpc) is 3.33. The molecule has 8 heteroatoms. The Balaban J connectivity index is 1.49. The summed E-state index contributed by atoms with van der Waals surface area (Å²) in [4.78, 5) is 8.65. The Hall–Kier alpha value is -2.71. The van der Waals surface area contributed by atoms with Gasteiger partial charge in [0.1, 0.15) is 17.7 Å². The first-order valence-electron chi connectivity index (χ1n) is 10.4. The highest BCUT2D eigenvalue weighted by atomic mass is 19.1. The second kappa shape index (κ2) is 8.57. The average molecular weight is 413 g/mol. The van der Waals surface area contributed by atoms with Crippen molar-refractivity contribution in [2.24, 2.45) is 7.05 Å². The molecule has 1 aromatic carbocycles. The van der Waals surface area contributed by atoms with Crippen molar-refractivity contribution in [3.63, 3.8) is 0 Å². The van der Waals surface area contributed by atoms with Crippen LogP contribution in [0.25, 0.3) is 0 Å². The van der Waals surface area contributed by atoms with Gasteiger partial charge in [0.2, 0.25) is 0 Å². The molecule has 1 fully saturated rings. The molecule has 0 amide bonds. The lowest BCUT2D eigenvalue weighted by Gasteiger charge is -2.37. The minimum absolute atomic E-state index is 0.311. The zero-order valence-corrected chi connectivity index (χ0v) is 17.8. The van der Waals surface area contributed by atoms with Gasteiger partial charge in [0.15, 0.2) is 0 Å². The second-order valence-electron chi connectivity index (χ2n) is 7.84. The number of aromatic nitrogens is 4. The molecule has 1 saturated heterocycles. The van der Waals surface area contributed by atoms with Gasteiger partial charge in [0.05, 0.1) is 11.4 Å². The Bertz CT molecular complexity index is 1000. The number of halogens is 1. The van der Waals surface area contributed by atoms with Crippen LogP contribution in [0, 0.1) is 12.7 Å². The minimum Gasteiger partial charge on any atom is -0.380 e. The van der Waals surface area contributed by atoms with E-state index in [4.69, 9.17) is 0 Å². The lowest BCUT2D eigenvalue weighted by Crippen LogP contribution is -2.46. The highest BCUT2D eigenvalue weighted by molar-refractivity contribution is 5.57. The van der Waals surface area contributed by atoms with E-state index in [9.17, 15) is 9.50 Å². The van der Waals surface area contributed by atoms with Crippen LogP contribution in [0.15, 0.2) is 36.8 Å². The Morgan fingerprint density at radius 2 is 1.97 bits per heavy atom. The third kappa shape index (κ3) is 3.97. The summed E-state index contributed by atoms with van der Waals surface area (Å²) in [6.07, 6.45) is 4.55. The van der Waals surface area contributed by atoms with E-state index in [2.05, 4.69) is 28.1 Å². The van der Waals surface area contributed by atoms with Crippen LogP contribution >= 0.6 is 0 Å². The predicted octanol–water partition coefficient (Wildman–Crippen LogP) is 2.49. The van der Waals surface area contributed by atoms with Crippen LogP contribution < -0.4 is 4.90 Å². The predicted molar refractivity (Wildman–Crippen MR) is 114 cm³/mol.